The van der Waals surface area contributed by atoms with Crippen molar-refractivity contribution in [2.75, 3.05) is 27.6 Å². The largest absolute Gasteiger partial charge is 0.468 e. The predicted molar refractivity (Wildman–Crippen MR) is 95.9 cm³/mol. The van der Waals surface area contributed by atoms with E-state index in [9.17, 15) is 4.79 Å². The molecule has 1 unspecified atom stereocenters. The van der Waals surface area contributed by atoms with Crippen LogP contribution in [0.1, 0.15) is 29.0 Å². The monoisotopic (exact) mass is 382 g/mol. The van der Waals surface area contributed by atoms with Gasteiger partial charge in [0.2, 0.25) is 0 Å². The lowest BCUT2D eigenvalue weighted by Crippen LogP contribution is -2.21. The molecule has 134 valence electrons. The van der Waals surface area contributed by atoms with Crippen molar-refractivity contribution in [1.82, 2.24) is 9.97 Å². The zero-order chi connectivity index (χ0) is 18.4. The van der Waals surface area contributed by atoms with Crippen LogP contribution in [0.3, 0.4) is 0 Å². The van der Waals surface area contributed by atoms with Crippen molar-refractivity contribution in [2.45, 2.75) is 17.4 Å². The van der Waals surface area contributed by atoms with Gasteiger partial charge < -0.3 is 14.2 Å². The van der Waals surface area contributed by atoms with Crippen molar-refractivity contribution in [3.8, 4) is 0 Å². The van der Waals surface area contributed by atoms with Gasteiger partial charge in [0.25, 0.3) is 0 Å². The Balaban J connectivity index is 2.66. The lowest BCUT2D eigenvalue weighted by molar-refractivity contribution is -0.141. The summed E-state index contributed by atoms with van der Waals surface area (Å²) in [6.45, 7) is 0. The number of hydrogen-bond donors (Lipinski definition) is 0. The maximum absolute atomic E-state index is 12.5. The molecule has 0 aliphatic carbocycles. The van der Waals surface area contributed by atoms with Gasteiger partial charge in [-0.3, -0.25) is 4.79 Å². The molecule has 0 N–H and O–H groups in total. The fourth-order valence-corrected chi connectivity index (χ4v) is 2.90. The summed E-state index contributed by atoms with van der Waals surface area (Å²) in [7, 11) is 4.36. The van der Waals surface area contributed by atoms with Gasteiger partial charge in [0.05, 0.1) is 12.8 Å². The first-order valence-corrected chi connectivity index (χ1v) is 8.95. The Kier molecular flexibility index (Phi) is 7.19. The first kappa shape index (κ1) is 19.7. The van der Waals surface area contributed by atoms with E-state index >= 15 is 0 Å². The van der Waals surface area contributed by atoms with E-state index in [0.717, 1.165) is 0 Å². The van der Waals surface area contributed by atoms with E-state index in [-0.39, 0.29) is 0 Å². The molecule has 0 spiro atoms. The molecule has 0 bridgehead atoms. The number of carbonyl (C=O) groups excluding carboxylic acids is 1. The molecule has 6 nitrogen and oxygen atoms in total. The highest BCUT2D eigenvalue weighted by Crippen LogP contribution is 2.33. The van der Waals surface area contributed by atoms with Crippen LogP contribution in [0.15, 0.2) is 35.6 Å². The van der Waals surface area contributed by atoms with Crippen molar-refractivity contribution in [1.29, 1.82) is 0 Å². The zero-order valence-electron chi connectivity index (χ0n) is 14.4. The van der Waals surface area contributed by atoms with E-state index in [1.54, 1.807) is 30.5 Å². The second-order valence-electron chi connectivity index (χ2n) is 5.01. The molecular weight excluding hydrogens is 364 g/mol. The summed E-state index contributed by atoms with van der Waals surface area (Å²) in [5.41, 5.74) is 1.74. The molecule has 1 aromatic heterocycles. The number of aromatic nitrogens is 2. The quantitative estimate of drug-likeness (QED) is 0.314. The summed E-state index contributed by atoms with van der Waals surface area (Å²) >= 11 is 7.34. The Morgan fingerprint density at radius 1 is 1.16 bits per heavy atom. The molecule has 1 atom stereocenters. The van der Waals surface area contributed by atoms with Gasteiger partial charge >= 0.3 is 5.97 Å². The van der Waals surface area contributed by atoms with Crippen LogP contribution >= 0.6 is 23.4 Å². The minimum absolute atomic E-state index is 0.444. The van der Waals surface area contributed by atoms with Gasteiger partial charge in [0.1, 0.15) is 5.92 Å². The molecule has 0 radical (unpaired) electrons. The van der Waals surface area contributed by atoms with Crippen LogP contribution in [0.25, 0.3) is 0 Å². The number of benzene rings is 1. The number of halogens is 1. The molecule has 1 heterocycles. The van der Waals surface area contributed by atoms with E-state index in [4.69, 9.17) is 25.8 Å². The minimum atomic E-state index is -0.751. The van der Waals surface area contributed by atoms with Crippen LogP contribution < -0.4 is 0 Å². The zero-order valence-corrected chi connectivity index (χ0v) is 15.9. The van der Waals surface area contributed by atoms with Gasteiger partial charge in [-0.05, 0) is 24.0 Å². The van der Waals surface area contributed by atoms with Crippen LogP contribution in [0.5, 0.6) is 0 Å². The highest BCUT2D eigenvalue weighted by molar-refractivity contribution is 7.98. The molecule has 0 saturated heterocycles. The molecule has 0 fully saturated rings. The molecule has 0 aliphatic heterocycles. The predicted octanol–water partition coefficient (Wildman–Crippen LogP) is 3.45. The highest BCUT2D eigenvalue weighted by Gasteiger charge is 2.31. The van der Waals surface area contributed by atoms with Crippen LogP contribution in [-0.4, -0.2) is 43.5 Å². The average molecular weight is 383 g/mol. The van der Waals surface area contributed by atoms with Crippen molar-refractivity contribution in [3.63, 3.8) is 0 Å². The van der Waals surface area contributed by atoms with Crippen molar-refractivity contribution in [2.24, 2.45) is 0 Å². The normalized spacial score (nSPS) is 12.2. The number of rotatable bonds is 7. The smallest absolute Gasteiger partial charge is 0.319 e. The number of methoxy groups -OCH3 is 3. The first-order chi connectivity index (χ1) is 12.0. The number of thioether (sulfide) groups is 1. The highest BCUT2D eigenvalue weighted by atomic mass is 35.5. The van der Waals surface area contributed by atoms with Gasteiger partial charge in [-0.25, -0.2) is 9.97 Å². The molecule has 2 aromatic rings. The summed E-state index contributed by atoms with van der Waals surface area (Å²) < 4.78 is 15.7. The Morgan fingerprint density at radius 2 is 1.80 bits per heavy atom. The SMILES string of the molecule is COC(=O)C(c1ccc(Cl)cc1)c1nc(SC)ncc1C(OC)OC. The third-order valence-electron chi connectivity index (χ3n) is 3.60. The number of nitrogens with zero attached hydrogens (tertiary/aromatic N) is 2. The number of esters is 1. The molecule has 8 heteroatoms. The van der Waals surface area contributed by atoms with E-state index in [1.165, 1.54) is 33.1 Å². The fourth-order valence-electron chi connectivity index (χ4n) is 2.43. The standard InChI is InChI=1S/C17H19ClN2O4S/c1-22-15(21)13(10-5-7-11(18)8-6-10)14-12(16(23-2)24-3)9-19-17(20-14)25-4/h5-9,13,16H,1-4H3. The fraction of sp³-hybridized carbons (Fsp3) is 0.353. The molecular formula is C17H19ClN2O4S. The Labute approximate surface area is 155 Å². The van der Waals surface area contributed by atoms with Crippen molar-refractivity contribution >= 4 is 29.3 Å². The molecule has 0 saturated carbocycles. The summed E-state index contributed by atoms with van der Waals surface area (Å²) in [6, 6.07) is 6.97. The van der Waals surface area contributed by atoms with Crippen LogP contribution in [-0.2, 0) is 19.0 Å². The molecule has 25 heavy (non-hydrogen) atoms. The van der Waals surface area contributed by atoms with Gasteiger partial charge in [-0.15, -0.1) is 0 Å². The third-order valence-corrected chi connectivity index (χ3v) is 4.42. The number of ether oxygens (including phenoxy) is 3. The van der Waals surface area contributed by atoms with Crippen LogP contribution in [0, 0.1) is 0 Å². The van der Waals surface area contributed by atoms with E-state index in [2.05, 4.69) is 9.97 Å². The molecule has 1 aromatic carbocycles. The van der Waals surface area contributed by atoms with Gasteiger partial charge in [-0.1, -0.05) is 35.5 Å². The average Bonchev–Trinajstić information content (AvgIpc) is 2.65. The summed E-state index contributed by atoms with van der Waals surface area (Å²) in [6.07, 6.45) is 2.76. The second kappa shape index (κ2) is 9.15. The van der Waals surface area contributed by atoms with E-state index < -0.39 is 18.2 Å². The van der Waals surface area contributed by atoms with Crippen LogP contribution in [0.2, 0.25) is 5.02 Å². The van der Waals surface area contributed by atoms with Crippen molar-refractivity contribution in [3.05, 3.63) is 52.3 Å². The van der Waals surface area contributed by atoms with Gasteiger partial charge in [0.15, 0.2) is 11.4 Å². The van der Waals surface area contributed by atoms with Gasteiger partial charge in [-0.2, -0.15) is 0 Å². The van der Waals surface area contributed by atoms with E-state index in [0.29, 0.717) is 27.0 Å². The Hall–Kier alpha value is -1.67. The minimum Gasteiger partial charge on any atom is -0.468 e. The maximum atomic E-state index is 12.5. The topological polar surface area (TPSA) is 70.5 Å². The van der Waals surface area contributed by atoms with Crippen molar-refractivity contribution < 1.29 is 19.0 Å². The molecule has 0 amide bonds. The van der Waals surface area contributed by atoms with E-state index in [1.807, 2.05) is 6.26 Å². The number of hydrogen-bond acceptors (Lipinski definition) is 7. The molecule has 0 aliphatic rings. The van der Waals surface area contributed by atoms with Gasteiger partial charge in [0, 0.05) is 31.0 Å². The lowest BCUT2D eigenvalue weighted by atomic mass is 9.92. The summed E-state index contributed by atoms with van der Waals surface area (Å²) in [4.78, 5) is 21.3. The number of carbonyl (C=O) groups is 1. The molecule has 2 rings (SSSR count). The third kappa shape index (κ3) is 4.49. The summed E-state index contributed by atoms with van der Waals surface area (Å²) in [5.74, 6) is -1.20. The summed E-state index contributed by atoms with van der Waals surface area (Å²) in [5, 5.41) is 1.11. The first-order valence-electron chi connectivity index (χ1n) is 7.35. The van der Waals surface area contributed by atoms with Crippen LogP contribution in [0.4, 0.5) is 0 Å². The Bertz CT molecular complexity index is 723. The maximum Gasteiger partial charge on any atom is 0.319 e. The second-order valence-corrected chi connectivity index (χ2v) is 6.22. The lowest BCUT2D eigenvalue weighted by Gasteiger charge is -2.22. The Morgan fingerprint density at radius 3 is 2.32 bits per heavy atom.